The lowest BCUT2D eigenvalue weighted by Crippen LogP contribution is -1.93. The highest BCUT2D eigenvalue weighted by molar-refractivity contribution is 5.83. The van der Waals surface area contributed by atoms with Gasteiger partial charge in [-0.3, -0.25) is 0 Å². The van der Waals surface area contributed by atoms with E-state index in [0.717, 1.165) is 22.2 Å². The minimum Gasteiger partial charge on any atom is -0.398 e. The van der Waals surface area contributed by atoms with Crippen molar-refractivity contribution in [2.45, 2.75) is 0 Å². The molecule has 0 aliphatic rings. The summed E-state index contributed by atoms with van der Waals surface area (Å²) < 4.78 is 13.0. The van der Waals surface area contributed by atoms with E-state index in [9.17, 15) is 4.39 Å². The first-order valence-electron chi connectivity index (χ1n) is 5.65. The van der Waals surface area contributed by atoms with Gasteiger partial charge in [0.1, 0.15) is 5.82 Å². The van der Waals surface area contributed by atoms with Crippen molar-refractivity contribution in [2.24, 2.45) is 0 Å². The number of rotatable bonds is 1. The van der Waals surface area contributed by atoms with E-state index < -0.39 is 0 Å². The number of fused-ring (bicyclic) bond motifs is 1. The lowest BCUT2D eigenvalue weighted by atomic mass is 10.1. The summed E-state index contributed by atoms with van der Waals surface area (Å²) in [7, 11) is 0. The van der Waals surface area contributed by atoms with Crippen LogP contribution in [0.15, 0.2) is 54.6 Å². The number of aromatic nitrogens is 1. The second-order valence-corrected chi connectivity index (χ2v) is 4.12. The number of benzene rings is 2. The number of nitrogen functional groups attached to an aromatic ring is 1. The number of halogens is 1. The number of para-hydroxylation sites is 1. The fourth-order valence-electron chi connectivity index (χ4n) is 1.98. The molecular formula is C15H11FN2. The largest absolute Gasteiger partial charge is 0.398 e. The maximum Gasteiger partial charge on any atom is 0.125 e. The number of hydrogen-bond donors (Lipinski definition) is 1. The summed E-state index contributed by atoms with van der Waals surface area (Å²) in [6.45, 7) is 0. The van der Waals surface area contributed by atoms with Gasteiger partial charge in [-0.25, -0.2) is 9.37 Å². The quantitative estimate of drug-likeness (QED) is 0.657. The van der Waals surface area contributed by atoms with Crippen LogP contribution in [0.25, 0.3) is 22.2 Å². The smallest absolute Gasteiger partial charge is 0.125 e. The molecule has 3 heteroatoms. The molecule has 1 heterocycles. The van der Waals surface area contributed by atoms with Gasteiger partial charge in [-0.05, 0) is 30.3 Å². The summed E-state index contributed by atoms with van der Waals surface area (Å²) in [5, 5.41) is 1.07. The molecule has 0 bridgehead atoms. The van der Waals surface area contributed by atoms with Gasteiger partial charge in [0.15, 0.2) is 0 Å². The van der Waals surface area contributed by atoms with Crippen LogP contribution in [0.3, 0.4) is 0 Å². The third-order valence-corrected chi connectivity index (χ3v) is 2.89. The van der Waals surface area contributed by atoms with Gasteiger partial charge in [-0.2, -0.15) is 0 Å². The van der Waals surface area contributed by atoms with Gasteiger partial charge in [0.25, 0.3) is 0 Å². The Hall–Kier alpha value is -2.42. The van der Waals surface area contributed by atoms with Crippen LogP contribution in [-0.4, -0.2) is 4.98 Å². The Morgan fingerprint density at radius 1 is 0.944 bits per heavy atom. The van der Waals surface area contributed by atoms with Crippen molar-refractivity contribution in [2.75, 3.05) is 5.73 Å². The van der Waals surface area contributed by atoms with Gasteiger partial charge >= 0.3 is 0 Å². The normalized spacial score (nSPS) is 10.7. The molecule has 0 unspecified atom stereocenters. The first-order chi connectivity index (χ1) is 8.74. The van der Waals surface area contributed by atoms with E-state index in [0.29, 0.717) is 5.69 Å². The average molecular weight is 238 g/mol. The monoisotopic (exact) mass is 238 g/mol. The summed E-state index contributed by atoms with van der Waals surface area (Å²) in [6.07, 6.45) is 0. The number of hydrogen-bond acceptors (Lipinski definition) is 2. The Bertz CT molecular complexity index is 723. The zero-order chi connectivity index (χ0) is 12.5. The Balaban J connectivity index is 2.19. The molecule has 2 N–H and O–H groups in total. The highest BCUT2D eigenvalue weighted by Crippen LogP contribution is 2.26. The Morgan fingerprint density at radius 3 is 2.61 bits per heavy atom. The predicted octanol–water partition coefficient (Wildman–Crippen LogP) is 3.62. The standard InChI is InChI=1S/C15H11FN2/c16-11-6-7-12(13(17)9-11)15-8-5-10-3-1-2-4-14(10)18-15/h1-9H,17H2. The van der Waals surface area contributed by atoms with Gasteiger partial charge < -0.3 is 5.73 Å². The zero-order valence-electron chi connectivity index (χ0n) is 9.60. The first kappa shape index (κ1) is 10.7. The SMILES string of the molecule is Nc1cc(F)ccc1-c1ccc2ccccc2n1. The molecule has 2 aromatic carbocycles. The van der Waals surface area contributed by atoms with E-state index in [1.807, 2.05) is 36.4 Å². The molecule has 0 aliphatic heterocycles. The molecule has 3 aromatic rings. The fourth-order valence-corrected chi connectivity index (χ4v) is 1.98. The van der Waals surface area contributed by atoms with Crippen molar-refractivity contribution in [3.8, 4) is 11.3 Å². The van der Waals surface area contributed by atoms with Crippen LogP contribution in [0.5, 0.6) is 0 Å². The molecule has 0 fully saturated rings. The third kappa shape index (κ3) is 1.80. The Labute approximate surface area is 104 Å². The molecule has 2 nitrogen and oxygen atoms in total. The maximum absolute atomic E-state index is 13.0. The topological polar surface area (TPSA) is 38.9 Å². The average Bonchev–Trinajstić information content (AvgIpc) is 2.38. The molecule has 0 atom stereocenters. The fraction of sp³-hybridized carbons (Fsp3) is 0. The van der Waals surface area contributed by atoms with Gasteiger partial charge in [-0.15, -0.1) is 0 Å². The van der Waals surface area contributed by atoms with E-state index in [2.05, 4.69) is 4.98 Å². The molecule has 0 saturated heterocycles. The van der Waals surface area contributed by atoms with E-state index in [-0.39, 0.29) is 5.82 Å². The second-order valence-electron chi connectivity index (χ2n) is 4.12. The molecule has 18 heavy (non-hydrogen) atoms. The number of nitrogens with two attached hydrogens (primary N) is 1. The van der Waals surface area contributed by atoms with Crippen LogP contribution in [-0.2, 0) is 0 Å². The van der Waals surface area contributed by atoms with E-state index in [1.165, 1.54) is 12.1 Å². The summed E-state index contributed by atoms with van der Waals surface area (Å²) >= 11 is 0. The van der Waals surface area contributed by atoms with Crippen molar-refractivity contribution < 1.29 is 4.39 Å². The van der Waals surface area contributed by atoms with E-state index in [1.54, 1.807) is 6.07 Å². The number of nitrogens with zero attached hydrogens (tertiary/aromatic N) is 1. The molecule has 1 aromatic heterocycles. The molecule has 0 spiro atoms. The summed E-state index contributed by atoms with van der Waals surface area (Å²) in [5.74, 6) is -0.336. The van der Waals surface area contributed by atoms with Crippen LogP contribution in [0.1, 0.15) is 0 Å². The minimum absolute atomic E-state index is 0.336. The molecule has 0 saturated carbocycles. The van der Waals surface area contributed by atoms with Crippen LogP contribution in [0.2, 0.25) is 0 Å². The second kappa shape index (κ2) is 4.11. The van der Waals surface area contributed by atoms with Gasteiger partial charge in [0.2, 0.25) is 0 Å². The molecule has 0 amide bonds. The summed E-state index contributed by atoms with van der Waals surface area (Å²) in [4.78, 5) is 4.53. The maximum atomic E-state index is 13.0. The Kier molecular flexibility index (Phi) is 2.45. The zero-order valence-corrected chi connectivity index (χ0v) is 9.60. The lowest BCUT2D eigenvalue weighted by molar-refractivity contribution is 0.628. The molecule has 88 valence electrons. The first-order valence-corrected chi connectivity index (χ1v) is 5.65. The van der Waals surface area contributed by atoms with Crippen molar-refractivity contribution >= 4 is 16.6 Å². The third-order valence-electron chi connectivity index (χ3n) is 2.89. The van der Waals surface area contributed by atoms with Crippen LogP contribution in [0.4, 0.5) is 10.1 Å². The molecule has 0 aliphatic carbocycles. The van der Waals surface area contributed by atoms with E-state index in [4.69, 9.17) is 5.73 Å². The Morgan fingerprint density at radius 2 is 1.78 bits per heavy atom. The lowest BCUT2D eigenvalue weighted by Gasteiger charge is -2.06. The highest BCUT2D eigenvalue weighted by Gasteiger charge is 2.06. The minimum atomic E-state index is -0.336. The molecular weight excluding hydrogens is 227 g/mol. The van der Waals surface area contributed by atoms with Gasteiger partial charge in [-0.1, -0.05) is 24.3 Å². The van der Waals surface area contributed by atoms with E-state index >= 15 is 0 Å². The van der Waals surface area contributed by atoms with Crippen LogP contribution < -0.4 is 5.73 Å². The summed E-state index contributed by atoms with van der Waals surface area (Å²) in [6, 6.07) is 16.1. The summed E-state index contributed by atoms with van der Waals surface area (Å²) in [5.41, 5.74) is 8.63. The number of anilines is 1. The molecule has 3 rings (SSSR count). The number of pyridine rings is 1. The van der Waals surface area contributed by atoms with Crippen molar-refractivity contribution in [3.63, 3.8) is 0 Å². The highest BCUT2D eigenvalue weighted by atomic mass is 19.1. The van der Waals surface area contributed by atoms with Crippen LogP contribution >= 0.6 is 0 Å². The molecule has 0 radical (unpaired) electrons. The van der Waals surface area contributed by atoms with Crippen molar-refractivity contribution in [1.29, 1.82) is 0 Å². The van der Waals surface area contributed by atoms with Crippen LogP contribution in [0, 0.1) is 5.82 Å². The van der Waals surface area contributed by atoms with Gasteiger partial charge in [0.05, 0.1) is 11.2 Å². The van der Waals surface area contributed by atoms with Gasteiger partial charge in [0, 0.05) is 16.6 Å². The predicted molar refractivity (Wildman–Crippen MR) is 71.5 cm³/mol. The van der Waals surface area contributed by atoms with Crippen molar-refractivity contribution in [1.82, 2.24) is 4.98 Å². The van der Waals surface area contributed by atoms with Crippen molar-refractivity contribution in [3.05, 3.63) is 60.4 Å².